The van der Waals surface area contributed by atoms with E-state index in [1.54, 1.807) is 5.56 Å². The molecule has 1 saturated carbocycles. The molecule has 0 N–H and O–H groups in total. The maximum atomic E-state index is 2.45. The van der Waals surface area contributed by atoms with Crippen molar-refractivity contribution >= 4 is 0 Å². The highest BCUT2D eigenvalue weighted by Gasteiger charge is 2.19. The molecule has 0 atom stereocenters. The normalized spacial score (nSPS) is 17.6. The Kier molecular flexibility index (Phi) is 3.14. The van der Waals surface area contributed by atoms with Crippen LogP contribution in [0.4, 0.5) is 0 Å². The minimum absolute atomic E-state index is 0.658. The van der Waals surface area contributed by atoms with Gasteiger partial charge in [0, 0.05) is 0 Å². The highest BCUT2D eigenvalue weighted by Crippen LogP contribution is 2.36. The van der Waals surface area contributed by atoms with E-state index in [1.165, 1.54) is 36.8 Å². The van der Waals surface area contributed by atoms with Gasteiger partial charge in [0.2, 0.25) is 0 Å². The van der Waals surface area contributed by atoms with Crippen molar-refractivity contribution in [2.75, 3.05) is 0 Å². The van der Waals surface area contributed by atoms with E-state index >= 15 is 0 Å². The van der Waals surface area contributed by atoms with Crippen molar-refractivity contribution in [3.8, 4) is 0 Å². The van der Waals surface area contributed by atoms with Crippen LogP contribution in [0.25, 0.3) is 0 Å². The Bertz CT molecular complexity index is 330. The van der Waals surface area contributed by atoms with Crippen molar-refractivity contribution in [2.45, 2.75) is 58.3 Å². The third-order valence-electron chi connectivity index (χ3n) is 3.76. The molecule has 1 aliphatic carbocycles. The fourth-order valence-electron chi connectivity index (χ4n) is 2.69. The first-order valence-electron chi connectivity index (χ1n) is 6.29. The predicted molar refractivity (Wildman–Crippen MR) is 66.5 cm³/mol. The molecule has 0 heterocycles. The molecule has 2 rings (SSSR count). The van der Waals surface area contributed by atoms with Gasteiger partial charge >= 0.3 is 0 Å². The lowest BCUT2D eigenvalue weighted by atomic mass is 9.89. The van der Waals surface area contributed by atoms with Gasteiger partial charge in [0.25, 0.3) is 0 Å². The fraction of sp³-hybridized carbons (Fsp3) is 0.600. The third kappa shape index (κ3) is 2.25. The summed E-state index contributed by atoms with van der Waals surface area (Å²) < 4.78 is 0. The first kappa shape index (κ1) is 10.7. The van der Waals surface area contributed by atoms with Crippen molar-refractivity contribution in [1.29, 1.82) is 0 Å². The van der Waals surface area contributed by atoms with Crippen LogP contribution in [0.5, 0.6) is 0 Å². The van der Waals surface area contributed by atoms with Crippen LogP contribution in [0.2, 0.25) is 0 Å². The third-order valence-corrected chi connectivity index (χ3v) is 3.76. The van der Waals surface area contributed by atoms with Gasteiger partial charge in [-0.05, 0) is 48.3 Å². The van der Waals surface area contributed by atoms with Gasteiger partial charge in [-0.25, -0.2) is 0 Å². The highest BCUT2D eigenvalue weighted by molar-refractivity contribution is 5.35. The summed E-state index contributed by atoms with van der Waals surface area (Å²) in [5.41, 5.74) is 4.62. The zero-order valence-corrected chi connectivity index (χ0v) is 10.2. The lowest BCUT2D eigenvalue weighted by molar-refractivity contribution is 0.713. The summed E-state index contributed by atoms with van der Waals surface area (Å²) in [4.78, 5) is 0. The topological polar surface area (TPSA) is 0 Å². The Morgan fingerprint density at radius 2 is 1.80 bits per heavy atom. The van der Waals surface area contributed by atoms with E-state index in [4.69, 9.17) is 0 Å². The molecule has 1 aromatic rings. The molecule has 0 nitrogen and oxygen atoms in total. The molecule has 1 aliphatic rings. The van der Waals surface area contributed by atoms with Crippen LogP contribution in [0.1, 0.15) is 68.1 Å². The molecular weight excluding hydrogens is 180 g/mol. The Morgan fingerprint density at radius 1 is 1.13 bits per heavy atom. The van der Waals surface area contributed by atoms with E-state index in [9.17, 15) is 0 Å². The van der Waals surface area contributed by atoms with Gasteiger partial charge in [-0.15, -0.1) is 0 Å². The number of benzene rings is 1. The second-order valence-electron chi connectivity index (χ2n) is 5.25. The van der Waals surface area contributed by atoms with E-state index in [1.807, 2.05) is 0 Å². The summed E-state index contributed by atoms with van der Waals surface area (Å²) in [5.74, 6) is 1.51. The molecule has 1 aromatic carbocycles. The van der Waals surface area contributed by atoms with Gasteiger partial charge in [-0.1, -0.05) is 44.9 Å². The monoisotopic (exact) mass is 202 g/mol. The molecule has 0 unspecified atom stereocenters. The summed E-state index contributed by atoms with van der Waals surface area (Å²) in [5, 5.41) is 0. The first-order valence-corrected chi connectivity index (χ1v) is 6.29. The van der Waals surface area contributed by atoms with Crippen LogP contribution in [0.3, 0.4) is 0 Å². The minimum atomic E-state index is 0.658. The van der Waals surface area contributed by atoms with E-state index in [2.05, 4.69) is 39.0 Å². The average molecular weight is 202 g/mol. The molecule has 0 radical (unpaired) electrons. The molecule has 15 heavy (non-hydrogen) atoms. The van der Waals surface area contributed by atoms with E-state index < -0.39 is 0 Å². The predicted octanol–water partition coefficient (Wildman–Crippen LogP) is 4.78. The van der Waals surface area contributed by atoms with Crippen molar-refractivity contribution in [1.82, 2.24) is 0 Å². The second-order valence-corrected chi connectivity index (χ2v) is 5.25. The lowest BCUT2D eigenvalue weighted by Crippen LogP contribution is -1.98. The molecule has 0 heteroatoms. The number of rotatable bonds is 2. The van der Waals surface area contributed by atoms with Crippen molar-refractivity contribution in [3.63, 3.8) is 0 Å². The molecule has 0 aromatic heterocycles. The Hall–Kier alpha value is -0.780. The van der Waals surface area contributed by atoms with Gasteiger partial charge in [-0.2, -0.15) is 0 Å². The molecule has 0 bridgehead atoms. The minimum Gasteiger partial charge on any atom is -0.0588 e. The summed E-state index contributed by atoms with van der Waals surface area (Å²) >= 11 is 0. The number of hydrogen-bond donors (Lipinski definition) is 0. The average Bonchev–Trinajstić information content (AvgIpc) is 2.71. The zero-order chi connectivity index (χ0) is 10.8. The van der Waals surface area contributed by atoms with Gasteiger partial charge in [0.1, 0.15) is 0 Å². The Morgan fingerprint density at radius 3 is 2.40 bits per heavy atom. The number of hydrogen-bond acceptors (Lipinski definition) is 0. The first-order chi connectivity index (χ1) is 7.18. The Balaban J connectivity index is 2.31. The van der Waals surface area contributed by atoms with E-state index in [-0.39, 0.29) is 0 Å². The van der Waals surface area contributed by atoms with Crippen LogP contribution < -0.4 is 0 Å². The van der Waals surface area contributed by atoms with Crippen molar-refractivity contribution in [2.24, 2.45) is 0 Å². The maximum absolute atomic E-state index is 2.45. The smallest absolute Gasteiger partial charge is 0.0159 e. The Labute approximate surface area is 93.7 Å². The molecule has 0 spiro atoms. The summed E-state index contributed by atoms with van der Waals surface area (Å²) in [6.07, 6.45) is 5.66. The summed E-state index contributed by atoms with van der Waals surface area (Å²) in [7, 11) is 0. The van der Waals surface area contributed by atoms with E-state index in [0.29, 0.717) is 5.92 Å². The largest absolute Gasteiger partial charge is 0.0588 e. The molecule has 1 fully saturated rings. The molecule has 0 saturated heterocycles. The lowest BCUT2D eigenvalue weighted by Gasteiger charge is -2.16. The van der Waals surface area contributed by atoms with Gasteiger partial charge in [0.15, 0.2) is 0 Å². The van der Waals surface area contributed by atoms with Gasteiger partial charge in [0.05, 0.1) is 0 Å². The zero-order valence-electron chi connectivity index (χ0n) is 10.2. The van der Waals surface area contributed by atoms with Crippen molar-refractivity contribution < 1.29 is 0 Å². The second kappa shape index (κ2) is 4.38. The quantitative estimate of drug-likeness (QED) is 0.647. The van der Waals surface area contributed by atoms with Crippen molar-refractivity contribution in [3.05, 3.63) is 34.9 Å². The van der Waals surface area contributed by atoms with Gasteiger partial charge < -0.3 is 0 Å². The van der Waals surface area contributed by atoms with Crippen LogP contribution >= 0.6 is 0 Å². The molecule has 0 aliphatic heterocycles. The summed E-state index contributed by atoms with van der Waals surface area (Å²) in [6.45, 7) is 6.82. The van der Waals surface area contributed by atoms with Gasteiger partial charge in [-0.3, -0.25) is 0 Å². The maximum Gasteiger partial charge on any atom is -0.0159 e. The number of aryl methyl sites for hydroxylation is 1. The van der Waals surface area contributed by atoms with Crippen LogP contribution in [-0.2, 0) is 0 Å². The fourth-order valence-corrected chi connectivity index (χ4v) is 2.69. The highest BCUT2D eigenvalue weighted by atomic mass is 14.2. The summed E-state index contributed by atoms with van der Waals surface area (Å²) in [6, 6.07) is 7.05. The van der Waals surface area contributed by atoms with Crippen LogP contribution in [-0.4, -0.2) is 0 Å². The van der Waals surface area contributed by atoms with Crippen LogP contribution in [0, 0.1) is 6.92 Å². The molecule has 82 valence electrons. The van der Waals surface area contributed by atoms with Crippen LogP contribution in [0.15, 0.2) is 18.2 Å². The van der Waals surface area contributed by atoms with E-state index in [0.717, 1.165) is 5.92 Å². The standard InChI is InChI=1S/C15H22/c1-11(2)14-9-8-12(3)15(10-14)13-6-4-5-7-13/h8-11,13H,4-7H2,1-3H3. The molecular formula is C15H22. The molecule has 0 amide bonds. The SMILES string of the molecule is Cc1ccc(C(C)C)cc1C1CCCC1.